The van der Waals surface area contributed by atoms with E-state index in [9.17, 15) is 8.42 Å². The lowest BCUT2D eigenvalue weighted by atomic mass is 9.95. The zero-order valence-electron chi connectivity index (χ0n) is 11.0. The van der Waals surface area contributed by atoms with E-state index in [1.54, 1.807) is 24.3 Å². The molecule has 1 heterocycles. The predicted molar refractivity (Wildman–Crippen MR) is 73.7 cm³/mol. The number of aliphatic hydroxyl groups is 1. The van der Waals surface area contributed by atoms with Crippen LogP contribution in [0.3, 0.4) is 0 Å². The van der Waals surface area contributed by atoms with Crippen LogP contribution < -0.4 is 4.72 Å². The fraction of sp³-hybridized carbons (Fsp3) is 0.462. The lowest BCUT2D eigenvalue weighted by molar-refractivity contribution is 0.244. The minimum absolute atomic E-state index is 0.0233. The van der Waals surface area contributed by atoms with Crippen LogP contribution in [0.1, 0.15) is 32.3 Å². The van der Waals surface area contributed by atoms with Crippen LogP contribution in [0.5, 0.6) is 0 Å². The number of benzene rings is 1. The number of amidine groups is 1. The van der Waals surface area contributed by atoms with Crippen molar-refractivity contribution in [3.63, 3.8) is 0 Å². The number of nitrogens with one attached hydrogen (secondary N) is 1. The third kappa shape index (κ3) is 2.64. The van der Waals surface area contributed by atoms with Gasteiger partial charge in [-0.15, -0.1) is 0 Å². The number of fused-ring (bicyclic) bond motifs is 1. The molecule has 1 unspecified atom stereocenters. The maximum atomic E-state index is 12.0. The Hall–Kier alpha value is -1.40. The highest BCUT2D eigenvalue weighted by molar-refractivity contribution is 7.90. The van der Waals surface area contributed by atoms with Crippen LogP contribution in [0.25, 0.3) is 0 Å². The van der Waals surface area contributed by atoms with E-state index in [0.717, 1.165) is 6.42 Å². The Kier molecular flexibility index (Phi) is 3.64. The highest BCUT2D eigenvalue weighted by atomic mass is 32.2. The smallest absolute Gasteiger partial charge is 0.263 e. The molecule has 6 heteroatoms. The summed E-state index contributed by atoms with van der Waals surface area (Å²) < 4.78 is 26.4. The lowest BCUT2D eigenvalue weighted by Crippen LogP contribution is -2.29. The molecule has 5 nitrogen and oxygen atoms in total. The third-order valence-electron chi connectivity index (χ3n) is 3.46. The Morgan fingerprint density at radius 3 is 2.68 bits per heavy atom. The van der Waals surface area contributed by atoms with Crippen LogP contribution in [-0.2, 0) is 10.0 Å². The Morgan fingerprint density at radius 1 is 1.37 bits per heavy atom. The molecule has 2 rings (SSSR count). The van der Waals surface area contributed by atoms with Gasteiger partial charge in [0.25, 0.3) is 10.0 Å². The monoisotopic (exact) mass is 282 g/mol. The molecule has 0 aromatic heterocycles. The lowest BCUT2D eigenvalue weighted by Gasteiger charge is -2.23. The van der Waals surface area contributed by atoms with E-state index in [-0.39, 0.29) is 11.5 Å². The van der Waals surface area contributed by atoms with Crippen molar-refractivity contribution >= 4 is 15.9 Å². The Balaban J connectivity index is 2.49. The van der Waals surface area contributed by atoms with Gasteiger partial charge in [0.05, 0.1) is 10.4 Å². The van der Waals surface area contributed by atoms with E-state index in [1.165, 1.54) is 0 Å². The molecule has 0 amide bonds. The Bertz CT molecular complexity index is 610. The van der Waals surface area contributed by atoms with E-state index < -0.39 is 15.6 Å². The first-order valence-corrected chi connectivity index (χ1v) is 7.73. The molecule has 1 aliphatic rings. The number of aliphatic imine (C=N–C) groups is 1. The maximum Gasteiger partial charge on any atom is 0.263 e. The summed E-state index contributed by atoms with van der Waals surface area (Å²) in [7, 11) is -3.49. The molecule has 19 heavy (non-hydrogen) atoms. The largest absolute Gasteiger partial charge is 0.396 e. The summed E-state index contributed by atoms with van der Waals surface area (Å²) in [4.78, 5) is 4.78. The van der Waals surface area contributed by atoms with Crippen LogP contribution in [0.4, 0.5) is 0 Å². The molecule has 0 saturated carbocycles. The molecule has 0 spiro atoms. The van der Waals surface area contributed by atoms with Gasteiger partial charge in [-0.3, -0.25) is 9.71 Å². The molecule has 2 N–H and O–H groups in total. The van der Waals surface area contributed by atoms with Crippen LogP contribution >= 0.6 is 0 Å². The van der Waals surface area contributed by atoms with Gasteiger partial charge in [0, 0.05) is 12.2 Å². The highest BCUT2D eigenvalue weighted by Crippen LogP contribution is 2.26. The van der Waals surface area contributed by atoms with Crippen LogP contribution in [-0.4, -0.2) is 31.5 Å². The van der Waals surface area contributed by atoms with Crippen molar-refractivity contribution in [1.82, 2.24) is 4.72 Å². The zero-order valence-corrected chi connectivity index (χ0v) is 11.9. The second-order valence-corrected chi connectivity index (χ2v) is 6.54. The second-order valence-electron chi connectivity index (χ2n) is 4.89. The summed E-state index contributed by atoms with van der Waals surface area (Å²) in [5.41, 5.74) is 0.129. The summed E-state index contributed by atoms with van der Waals surface area (Å²) in [5.74, 6) is 0.369. The predicted octanol–water partition coefficient (Wildman–Crippen LogP) is 1.28. The number of hydrogen-bond acceptors (Lipinski definition) is 4. The minimum atomic E-state index is -3.49. The van der Waals surface area contributed by atoms with Crippen molar-refractivity contribution < 1.29 is 13.5 Å². The summed E-state index contributed by atoms with van der Waals surface area (Å²) in [6.07, 6.45) is 1.22. The second kappa shape index (κ2) is 4.94. The van der Waals surface area contributed by atoms with Gasteiger partial charge in [-0.1, -0.05) is 19.1 Å². The van der Waals surface area contributed by atoms with Gasteiger partial charge in [0.15, 0.2) is 0 Å². The quantitative estimate of drug-likeness (QED) is 0.873. The first-order valence-electron chi connectivity index (χ1n) is 6.25. The Morgan fingerprint density at radius 2 is 2.05 bits per heavy atom. The molecule has 1 aromatic rings. The van der Waals surface area contributed by atoms with Crippen LogP contribution in [0, 0.1) is 0 Å². The van der Waals surface area contributed by atoms with E-state index in [1.807, 2.05) is 13.8 Å². The molecule has 0 radical (unpaired) electrons. The molecular weight excluding hydrogens is 264 g/mol. The summed E-state index contributed by atoms with van der Waals surface area (Å²) in [6, 6.07) is 6.77. The van der Waals surface area contributed by atoms with E-state index >= 15 is 0 Å². The topological polar surface area (TPSA) is 78.8 Å². The standard InChI is InChI=1S/C13H18N2O3S/c1-3-13(2,8-9-16)14-12-10-6-4-5-7-11(10)19(17,18)15-12/h4-7,16H,3,8-9H2,1-2H3,(H,14,15). The third-order valence-corrected chi connectivity index (χ3v) is 4.85. The van der Waals surface area contributed by atoms with Gasteiger partial charge in [0.2, 0.25) is 0 Å². The SMILES string of the molecule is CCC(C)(CCO)N=C1NS(=O)(=O)c2ccccc21. The van der Waals surface area contributed by atoms with Gasteiger partial charge in [0.1, 0.15) is 5.84 Å². The van der Waals surface area contributed by atoms with Gasteiger partial charge in [-0.25, -0.2) is 8.42 Å². The normalized spacial score (nSPS) is 21.7. The molecular formula is C13H18N2O3S. The van der Waals surface area contributed by atoms with Crippen molar-refractivity contribution in [2.75, 3.05) is 6.61 Å². The van der Waals surface area contributed by atoms with Crippen LogP contribution in [0.2, 0.25) is 0 Å². The average Bonchev–Trinajstić information content (AvgIpc) is 2.62. The van der Waals surface area contributed by atoms with Gasteiger partial charge >= 0.3 is 0 Å². The van der Waals surface area contributed by atoms with Gasteiger partial charge < -0.3 is 5.11 Å². The fourth-order valence-corrected chi connectivity index (χ4v) is 3.27. The molecule has 0 aliphatic carbocycles. The maximum absolute atomic E-state index is 12.0. The van der Waals surface area contributed by atoms with Crippen molar-refractivity contribution in [2.24, 2.45) is 4.99 Å². The molecule has 0 bridgehead atoms. The highest BCUT2D eigenvalue weighted by Gasteiger charge is 2.32. The number of sulfonamides is 1. The van der Waals surface area contributed by atoms with Crippen molar-refractivity contribution in [1.29, 1.82) is 0 Å². The number of rotatable bonds is 4. The number of nitrogens with zero attached hydrogens (tertiary/aromatic N) is 1. The van der Waals surface area contributed by atoms with Crippen molar-refractivity contribution in [3.8, 4) is 0 Å². The number of aliphatic hydroxyl groups excluding tert-OH is 1. The fourth-order valence-electron chi connectivity index (χ4n) is 2.04. The van der Waals surface area contributed by atoms with E-state index in [0.29, 0.717) is 17.8 Å². The first kappa shape index (κ1) is 14.0. The summed E-state index contributed by atoms with van der Waals surface area (Å²) in [5, 5.41) is 9.10. The minimum Gasteiger partial charge on any atom is -0.396 e. The molecule has 0 fully saturated rings. The summed E-state index contributed by atoms with van der Waals surface area (Å²) >= 11 is 0. The van der Waals surface area contributed by atoms with E-state index in [4.69, 9.17) is 5.11 Å². The molecule has 1 aromatic carbocycles. The van der Waals surface area contributed by atoms with Crippen molar-refractivity contribution in [3.05, 3.63) is 29.8 Å². The van der Waals surface area contributed by atoms with Gasteiger partial charge in [-0.2, -0.15) is 0 Å². The van der Waals surface area contributed by atoms with E-state index in [2.05, 4.69) is 9.71 Å². The van der Waals surface area contributed by atoms with Gasteiger partial charge in [-0.05, 0) is 31.9 Å². The zero-order chi connectivity index (χ0) is 14.1. The van der Waals surface area contributed by atoms with Crippen molar-refractivity contribution in [2.45, 2.75) is 37.1 Å². The first-order chi connectivity index (χ1) is 8.92. The Labute approximate surface area is 113 Å². The number of hydrogen-bond donors (Lipinski definition) is 2. The molecule has 0 saturated heterocycles. The van der Waals surface area contributed by atoms with Crippen LogP contribution in [0.15, 0.2) is 34.2 Å². The summed E-state index contributed by atoms with van der Waals surface area (Å²) in [6.45, 7) is 3.90. The molecule has 1 aliphatic heterocycles. The molecule has 1 atom stereocenters. The average molecular weight is 282 g/mol. The molecule has 104 valence electrons.